The fourth-order valence-electron chi connectivity index (χ4n) is 0.387. The molecule has 0 heterocycles. The normalized spacial score (nSPS) is 8.83. The van der Waals surface area contributed by atoms with Crippen molar-refractivity contribution in [1.82, 2.24) is 0 Å². The van der Waals surface area contributed by atoms with Crippen LogP contribution in [0.3, 0.4) is 0 Å². The van der Waals surface area contributed by atoms with Gasteiger partial charge in [-0.25, -0.2) is 9.59 Å². The van der Waals surface area contributed by atoms with Crippen molar-refractivity contribution in [3.63, 3.8) is 0 Å². The Morgan fingerprint density at radius 3 is 1.67 bits per heavy atom. The standard InChI is InChI=1S/C8H9O4/c1-4-7(9)11-6(3)12-8(10)5-2/h4-5H,1-2H2,3H3. The molecule has 0 aromatic carbocycles. The number of ether oxygens (including phenoxy) is 2. The second kappa shape index (κ2) is 5.12. The number of hydrogen-bond acceptors (Lipinski definition) is 4. The molecule has 0 atom stereocenters. The topological polar surface area (TPSA) is 52.6 Å². The zero-order valence-electron chi connectivity index (χ0n) is 6.70. The van der Waals surface area contributed by atoms with E-state index in [0.717, 1.165) is 12.2 Å². The molecule has 1 radical (unpaired) electrons. The molecule has 0 aliphatic heterocycles. The first kappa shape index (κ1) is 10.4. The van der Waals surface area contributed by atoms with Crippen molar-refractivity contribution < 1.29 is 19.1 Å². The first-order valence-electron chi connectivity index (χ1n) is 3.12. The first-order chi connectivity index (χ1) is 5.60. The minimum absolute atomic E-state index is 0.148. The highest BCUT2D eigenvalue weighted by Crippen LogP contribution is 2.03. The Hall–Kier alpha value is -1.58. The van der Waals surface area contributed by atoms with Crippen LogP contribution in [0.15, 0.2) is 25.3 Å². The van der Waals surface area contributed by atoms with Crippen molar-refractivity contribution in [2.45, 2.75) is 6.92 Å². The smallest absolute Gasteiger partial charge is 0.333 e. The molecule has 12 heavy (non-hydrogen) atoms. The maximum absolute atomic E-state index is 10.5. The molecule has 0 spiro atoms. The Labute approximate surface area is 70.5 Å². The summed E-state index contributed by atoms with van der Waals surface area (Å²) in [5, 5.41) is 0. The summed E-state index contributed by atoms with van der Waals surface area (Å²) in [7, 11) is 0. The van der Waals surface area contributed by atoms with Crippen LogP contribution in [-0.4, -0.2) is 11.9 Å². The third-order valence-electron chi connectivity index (χ3n) is 0.822. The first-order valence-corrected chi connectivity index (χ1v) is 3.12. The molecular formula is C8H9O4. The second-order valence-corrected chi connectivity index (χ2v) is 1.74. The number of hydrogen-bond donors (Lipinski definition) is 0. The zero-order chi connectivity index (χ0) is 9.56. The van der Waals surface area contributed by atoms with Crippen LogP contribution >= 0.6 is 0 Å². The largest absolute Gasteiger partial charge is 0.411 e. The van der Waals surface area contributed by atoms with Crippen molar-refractivity contribution in [3.05, 3.63) is 31.6 Å². The van der Waals surface area contributed by atoms with Crippen LogP contribution in [0.5, 0.6) is 0 Å². The van der Waals surface area contributed by atoms with Crippen LogP contribution < -0.4 is 0 Å². The fourth-order valence-corrected chi connectivity index (χ4v) is 0.387. The molecule has 0 aliphatic carbocycles. The minimum atomic E-state index is -0.677. The molecule has 0 rings (SSSR count). The molecule has 4 nitrogen and oxygen atoms in total. The van der Waals surface area contributed by atoms with E-state index in [4.69, 9.17) is 0 Å². The van der Waals surface area contributed by atoms with E-state index < -0.39 is 11.9 Å². The minimum Gasteiger partial charge on any atom is -0.411 e. The van der Waals surface area contributed by atoms with Crippen LogP contribution in [0, 0.1) is 6.29 Å². The monoisotopic (exact) mass is 169 g/mol. The Balaban J connectivity index is 3.80. The van der Waals surface area contributed by atoms with Crippen molar-refractivity contribution in [2.75, 3.05) is 0 Å². The molecular weight excluding hydrogens is 160 g/mol. The predicted molar refractivity (Wildman–Crippen MR) is 41.5 cm³/mol. The van der Waals surface area contributed by atoms with Gasteiger partial charge in [0.2, 0.25) is 0 Å². The summed E-state index contributed by atoms with van der Waals surface area (Å²) in [6, 6.07) is 0. The van der Waals surface area contributed by atoms with Gasteiger partial charge in [0.25, 0.3) is 0 Å². The average Bonchev–Trinajstić information content (AvgIpc) is 2.03. The van der Waals surface area contributed by atoms with Crippen LogP contribution in [0.2, 0.25) is 0 Å². The highest BCUT2D eigenvalue weighted by atomic mass is 16.7. The van der Waals surface area contributed by atoms with Gasteiger partial charge in [-0.1, -0.05) is 13.2 Å². The van der Waals surface area contributed by atoms with Gasteiger partial charge < -0.3 is 9.47 Å². The highest BCUT2D eigenvalue weighted by Gasteiger charge is 2.11. The number of carbonyl (C=O) groups excluding carboxylic acids is 2. The summed E-state index contributed by atoms with van der Waals surface area (Å²) in [5.74, 6) is -1.35. The zero-order valence-corrected chi connectivity index (χ0v) is 6.70. The van der Waals surface area contributed by atoms with E-state index in [0.29, 0.717) is 0 Å². The summed E-state index contributed by atoms with van der Waals surface area (Å²) < 4.78 is 8.88. The molecule has 0 amide bonds. The van der Waals surface area contributed by atoms with Crippen molar-refractivity contribution in [1.29, 1.82) is 0 Å². The van der Waals surface area contributed by atoms with E-state index in [1.807, 2.05) is 0 Å². The second-order valence-electron chi connectivity index (χ2n) is 1.74. The third-order valence-corrected chi connectivity index (χ3v) is 0.822. The maximum atomic E-state index is 10.5. The summed E-state index contributed by atoms with van der Waals surface area (Å²) >= 11 is 0. The fraction of sp³-hybridized carbons (Fsp3) is 0.125. The predicted octanol–water partition coefficient (Wildman–Crippen LogP) is 0.954. The summed E-state index contributed by atoms with van der Waals surface area (Å²) in [4.78, 5) is 21.0. The van der Waals surface area contributed by atoms with Crippen molar-refractivity contribution in [2.24, 2.45) is 0 Å². The lowest BCUT2D eigenvalue weighted by atomic mass is 10.6. The van der Waals surface area contributed by atoms with Crippen LogP contribution in [0.1, 0.15) is 6.92 Å². The molecule has 0 unspecified atom stereocenters. The lowest BCUT2D eigenvalue weighted by molar-refractivity contribution is -0.156. The van der Waals surface area contributed by atoms with Crippen LogP contribution in [-0.2, 0) is 19.1 Å². The van der Waals surface area contributed by atoms with Gasteiger partial charge in [-0.15, -0.1) is 0 Å². The average molecular weight is 169 g/mol. The van der Waals surface area contributed by atoms with Gasteiger partial charge in [0.15, 0.2) is 0 Å². The quantitative estimate of drug-likeness (QED) is 0.464. The number of rotatable bonds is 4. The number of esters is 2. The van der Waals surface area contributed by atoms with E-state index in [-0.39, 0.29) is 6.29 Å². The van der Waals surface area contributed by atoms with Gasteiger partial charge in [-0.2, -0.15) is 0 Å². The highest BCUT2D eigenvalue weighted by molar-refractivity contribution is 5.83. The summed E-state index contributed by atoms with van der Waals surface area (Å²) in [6.45, 7) is 7.67. The van der Waals surface area contributed by atoms with Crippen molar-refractivity contribution in [3.8, 4) is 0 Å². The molecule has 4 heteroatoms. The Morgan fingerprint density at radius 1 is 1.08 bits per heavy atom. The molecule has 0 aliphatic rings. The SMILES string of the molecule is C=CC(=O)O[C](C)OC(=O)C=C. The molecule has 0 N–H and O–H groups in total. The number of carbonyl (C=O) groups is 2. The van der Waals surface area contributed by atoms with Gasteiger partial charge in [0.05, 0.1) is 0 Å². The summed E-state index contributed by atoms with van der Waals surface area (Å²) in [6.07, 6.45) is 1.78. The van der Waals surface area contributed by atoms with E-state index in [2.05, 4.69) is 22.6 Å². The van der Waals surface area contributed by atoms with Gasteiger partial charge in [-0.3, -0.25) is 0 Å². The molecule has 0 saturated heterocycles. The third kappa shape index (κ3) is 4.27. The van der Waals surface area contributed by atoms with Crippen LogP contribution in [0.4, 0.5) is 0 Å². The molecule has 0 bridgehead atoms. The van der Waals surface area contributed by atoms with E-state index in [1.165, 1.54) is 6.92 Å². The van der Waals surface area contributed by atoms with Gasteiger partial charge in [0, 0.05) is 19.1 Å². The maximum Gasteiger partial charge on any atom is 0.333 e. The summed E-state index contributed by atoms with van der Waals surface area (Å²) in [5.41, 5.74) is 0. The lowest BCUT2D eigenvalue weighted by Crippen LogP contribution is -2.12. The van der Waals surface area contributed by atoms with Crippen molar-refractivity contribution >= 4 is 11.9 Å². The Morgan fingerprint density at radius 2 is 1.42 bits per heavy atom. The van der Waals surface area contributed by atoms with Gasteiger partial charge in [0.1, 0.15) is 0 Å². The van der Waals surface area contributed by atoms with E-state index in [1.54, 1.807) is 0 Å². The van der Waals surface area contributed by atoms with E-state index in [9.17, 15) is 9.59 Å². The molecule has 0 saturated carbocycles. The van der Waals surface area contributed by atoms with Crippen LogP contribution in [0.25, 0.3) is 0 Å². The molecule has 0 aromatic heterocycles. The van der Waals surface area contributed by atoms with Gasteiger partial charge >= 0.3 is 18.2 Å². The van der Waals surface area contributed by atoms with E-state index >= 15 is 0 Å². The molecule has 65 valence electrons. The Kier molecular flexibility index (Phi) is 4.45. The molecule has 0 aromatic rings. The van der Waals surface area contributed by atoms with Gasteiger partial charge in [-0.05, 0) is 0 Å². The Bertz CT molecular complexity index is 185. The lowest BCUT2D eigenvalue weighted by Gasteiger charge is -2.07. The molecule has 0 fully saturated rings.